The first-order valence-corrected chi connectivity index (χ1v) is 10.0. The highest BCUT2D eigenvalue weighted by Gasteiger charge is 2.29. The van der Waals surface area contributed by atoms with Crippen molar-refractivity contribution in [3.8, 4) is 11.5 Å². The number of benzene rings is 1. The summed E-state index contributed by atoms with van der Waals surface area (Å²) in [5, 5.41) is 2.57. The number of carbonyl (C=O) groups excluding carboxylic acids is 2. The zero-order valence-electron chi connectivity index (χ0n) is 14.8. The van der Waals surface area contributed by atoms with Gasteiger partial charge in [0.25, 0.3) is 5.91 Å². The van der Waals surface area contributed by atoms with Crippen molar-refractivity contribution in [3.63, 3.8) is 0 Å². The third-order valence-corrected chi connectivity index (χ3v) is 5.80. The predicted octanol–water partition coefficient (Wildman–Crippen LogP) is 0.483. The molecule has 1 aliphatic heterocycles. The van der Waals surface area contributed by atoms with Gasteiger partial charge in [-0.15, -0.1) is 0 Å². The lowest BCUT2D eigenvalue weighted by Gasteiger charge is -2.11. The molecule has 1 heterocycles. The van der Waals surface area contributed by atoms with E-state index in [9.17, 15) is 18.0 Å². The fourth-order valence-corrected chi connectivity index (χ4v) is 4.35. The second-order valence-corrected chi connectivity index (χ2v) is 8.25. The number of rotatable bonds is 8. The summed E-state index contributed by atoms with van der Waals surface area (Å²) in [4.78, 5) is 23.5. The molecule has 1 aromatic rings. The van der Waals surface area contributed by atoms with Crippen molar-refractivity contribution in [3.05, 3.63) is 23.8 Å². The minimum absolute atomic E-state index is 0.0635. The monoisotopic (exact) mass is 385 g/mol. The van der Waals surface area contributed by atoms with Crippen LogP contribution in [0.15, 0.2) is 18.2 Å². The Morgan fingerprint density at radius 1 is 1.19 bits per heavy atom. The second-order valence-electron chi connectivity index (χ2n) is 6.02. The van der Waals surface area contributed by atoms with Gasteiger partial charge in [-0.25, -0.2) is 8.42 Å². The quantitative estimate of drug-likeness (QED) is 0.649. The maximum absolute atomic E-state index is 11.8. The number of esters is 1. The lowest BCUT2D eigenvalue weighted by molar-refractivity contribution is -0.148. The first kappa shape index (κ1) is 20.0. The average Bonchev–Trinajstić information content (AvgIpc) is 2.96. The fourth-order valence-electron chi connectivity index (χ4n) is 2.68. The number of sulfone groups is 1. The van der Waals surface area contributed by atoms with E-state index in [1.807, 2.05) is 6.07 Å². The van der Waals surface area contributed by atoms with Gasteiger partial charge in [-0.3, -0.25) is 9.59 Å². The number of methoxy groups -OCH3 is 2. The molecule has 0 aromatic heterocycles. The molecule has 0 radical (unpaired) electrons. The number of aryl methyl sites for hydroxylation is 1. The van der Waals surface area contributed by atoms with Crippen molar-refractivity contribution < 1.29 is 32.2 Å². The van der Waals surface area contributed by atoms with E-state index in [2.05, 4.69) is 5.32 Å². The van der Waals surface area contributed by atoms with E-state index >= 15 is 0 Å². The zero-order valence-corrected chi connectivity index (χ0v) is 15.6. The topological polar surface area (TPSA) is 108 Å². The molecule has 1 atom stereocenters. The Balaban J connectivity index is 1.73. The summed E-state index contributed by atoms with van der Waals surface area (Å²) in [6.07, 6.45) is 0.934. The summed E-state index contributed by atoms with van der Waals surface area (Å²) in [7, 11) is 0.0103. The van der Waals surface area contributed by atoms with Gasteiger partial charge >= 0.3 is 5.97 Å². The standard InChI is InChI=1S/C17H23NO7S/c1-23-14-5-3-12(9-15(14)24-2)4-6-17(20)25-10-16(19)18-13-7-8-26(21,22)11-13/h3,5,9,13H,4,6-8,10-11H2,1-2H3,(H,18,19)/t13-/m1/s1. The van der Waals surface area contributed by atoms with E-state index in [0.717, 1.165) is 5.56 Å². The Kier molecular flexibility index (Phi) is 6.84. The molecule has 1 fully saturated rings. The minimum Gasteiger partial charge on any atom is -0.493 e. The highest BCUT2D eigenvalue weighted by molar-refractivity contribution is 7.91. The molecule has 1 amide bonds. The van der Waals surface area contributed by atoms with Gasteiger partial charge in [-0.2, -0.15) is 0 Å². The van der Waals surface area contributed by atoms with Gasteiger partial charge in [-0.05, 0) is 30.5 Å². The van der Waals surface area contributed by atoms with E-state index < -0.39 is 34.4 Å². The first-order chi connectivity index (χ1) is 12.3. The number of hydrogen-bond donors (Lipinski definition) is 1. The normalized spacial score (nSPS) is 18.2. The van der Waals surface area contributed by atoms with Gasteiger partial charge in [0.15, 0.2) is 27.9 Å². The maximum Gasteiger partial charge on any atom is 0.306 e. The van der Waals surface area contributed by atoms with Gasteiger partial charge in [0.05, 0.1) is 25.7 Å². The Labute approximate surface area is 152 Å². The molecule has 0 unspecified atom stereocenters. The summed E-state index contributed by atoms with van der Waals surface area (Å²) in [6, 6.07) is 4.95. The Hall–Kier alpha value is -2.29. The molecule has 9 heteroatoms. The van der Waals surface area contributed by atoms with Crippen LogP contribution in [0.25, 0.3) is 0 Å². The van der Waals surface area contributed by atoms with Crippen molar-refractivity contribution in [2.24, 2.45) is 0 Å². The molecule has 144 valence electrons. The SMILES string of the molecule is COc1ccc(CCC(=O)OCC(=O)N[C@@H]2CCS(=O)(=O)C2)cc1OC. The van der Waals surface area contributed by atoms with Crippen LogP contribution in [0.2, 0.25) is 0 Å². The summed E-state index contributed by atoms with van der Waals surface area (Å²) < 4.78 is 38.0. The van der Waals surface area contributed by atoms with Crippen LogP contribution in [-0.2, 0) is 30.6 Å². The second kappa shape index (κ2) is 8.88. The smallest absolute Gasteiger partial charge is 0.306 e. The van der Waals surface area contributed by atoms with Crippen molar-refractivity contribution in [1.29, 1.82) is 0 Å². The van der Waals surface area contributed by atoms with Crippen molar-refractivity contribution in [2.75, 3.05) is 32.3 Å². The molecule has 1 saturated heterocycles. The minimum atomic E-state index is -3.06. The number of ether oxygens (including phenoxy) is 3. The van der Waals surface area contributed by atoms with Crippen LogP contribution in [0, 0.1) is 0 Å². The van der Waals surface area contributed by atoms with E-state index in [4.69, 9.17) is 14.2 Å². The van der Waals surface area contributed by atoms with Crippen LogP contribution in [0.3, 0.4) is 0 Å². The lowest BCUT2D eigenvalue weighted by Crippen LogP contribution is -2.38. The summed E-state index contributed by atoms with van der Waals surface area (Å²) in [6.45, 7) is -0.415. The van der Waals surface area contributed by atoms with Crippen molar-refractivity contribution >= 4 is 21.7 Å². The number of nitrogens with one attached hydrogen (secondary N) is 1. The first-order valence-electron chi connectivity index (χ1n) is 8.19. The number of amides is 1. The summed E-state index contributed by atoms with van der Waals surface area (Å²) >= 11 is 0. The lowest BCUT2D eigenvalue weighted by atomic mass is 10.1. The van der Waals surface area contributed by atoms with Crippen LogP contribution in [-0.4, -0.2) is 58.7 Å². The molecular formula is C17H23NO7S. The molecule has 1 N–H and O–H groups in total. The average molecular weight is 385 g/mol. The van der Waals surface area contributed by atoms with Gasteiger partial charge in [0, 0.05) is 12.5 Å². The van der Waals surface area contributed by atoms with E-state index in [-0.39, 0.29) is 17.9 Å². The van der Waals surface area contributed by atoms with Crippen LogP contribution in [0.5, 0.6) is 11.5 Å². The van der Waals surface area contributed by atoms with Crippen molar-refractivity contribution in [1.82, 2.24) is 5.32 Å². The Bertz CT molecular complexity index is 760. The summed E-state index contributed by atoms with van der Waals surface area (Å²) in [5.74, 6) is 0.184. The van der Waals surface area contributed by atoms with Crippen molar-refractivity contribution in [2.45, 2.75) is 25.3 Å². The molecule has 2 rings (SSSR count). The van der Waals surface area contributed by atoms with E-state index in [1.165, 1.54) is 7.11 Å². The molecule has 0 aliphatic carbocycles. The van der Waals surface area contributed by atoms with E-state index in [0.29, 0.717) is 24.3 Å². The molecule has 1 aromatic carbocycles. The van der Waals surface area contributed by atoms with E-state index in [1.54, 1.807) is 19.2 Å². The highest BCUT2D eigenvalue weighted by atomic mass is 32.2. The molecule has 26 heavy (non-hydrogen) atoms. The zero-order chi connectivity index (χ0) is 19.2. The molecule has 0 spiro atoms. The van der Waals surface area contributed by atoms with Crippen LogP contribution in [0.4, 0.5) is 0 Å². The van der Waals surface area contributed by atoms with Crippen LogP contribution in [0.1, 0.15) is 18.4 Å². The largest absolute Gasteiger partial charge is 0.493 e. The Morgan fingerprint density at radius 2 is 1.92 bits per heavy atom. The van der Waals surface area contributed by atoms with Crippen LogP contribution < -0.4 is 14.8 Å². The third-order valence-electron chi connectivity index (χ3n) is 4.03. The predicted molar refractivity (Wildman–Crippen MR) is 94.0 cm³/mol. The molecule has 1 aliphatic rings. The number of hydrogen-bond acceptors (Lipinski definition) is 7. The van der Waals surface area contributed by atoms with Gasteiger partial charge < -0.3 is 19.5 Å². The fraction of sp³-hybridized carbons (Fsp3) is 0.529. The molecule has 8 nitrogen and oxygen atoms in total. The van der Waals surface area contributed by atoms with Gasteiger partial charge in [-0.1, -0.05) is 6.07 Å². The number of carbonyl (C=O) groups is 2. The van der Waals surface area contributed by atoms with Gasteiger partial charge in [0.2, 0.25) is 0 Å². The maximum atomic E-state index is 11.8. The third kappa shape index (κ3) is 5.91. The molecule has 0 bridgehead atoms. The summed E-state index contributed by atoms with van der Waals surface area (Å²) in [5.41, 5.74) is 0.875. The van der Waals surface area contributed by atoms with Gasteiger partial charge in [0.1, 0.15) is 0 Å². The Morgan fingerprint density at radius 3 is 2.54 bits per heavy atom. The highest BCUT2D eigenvalue weighted by Crippen LogP contribution is 2.27. The molecule has 0 saturated carbocycles. The molecular weight excluding hydrogens is 362 g/mol. The van der Waals surface area contributed by atoms with Crippen LogP contribution >= 0.6 is 0 Å².